The van der Waals surface area contributed by atoms with E-state index in [1.807, 2.05) is 60.7 Å². The fourth-order valence-corrected chi connectivity index (χ4v) is 4.10. The van der Waals surface area contributed by atoms with Gasteiger partial charge in [0, 0.05) is 47.8 Å². The Morgan fingerprint density at radius 3 is 0.982 bits per heavy atom. The van der Waals surface area contributed by atoms with E-state index >= 15 is 0 Å². The van der Waals surface area contributed by atoms with Crippen molar-refractivity contribution in [2.75, 3.05) is 0 Å². The van der Waals surface area contributed by atoms with Crippen molar-refractivity contribution in [3.05, 3.63) is 122 Å². The largest absolute Gasteiger partial charge is 2.00 e. The number of fused-ring (bicyclic) bond motifs is 5. The Morgan fingerprint density at radius 2 is 0.673 bits per heavy atom. The molecule has 0 aliphatic heterocycles. The predicted octanol–water partition coefficient (Wildman–Crippen LogP) is 15.1. The molecule has 0 bridgehead atoms. The zero-order valence-corrected chi connectivity index (χ0v) is 31.5. The van der Waals surface area contributed by atoms with E-state index in [1.165, 1.54) is 13.8 Å². The molecule has 6 nitrogen and oxygen atoms in total. The van der Waals surface area contributed by atoms with Crippen LogP contribution in [-0.2, 0) is 19.5 Å². The molecule has 0 saturated carbocycles. The normalized spacial score (nSPS) is 12.9. The van der Waals surface area contributed by atoms with E-state index in [1.54, 1.807) is 24.5 Å². The Kier molecular flexibility index (Phi) is 15.0. The first-order valence-electron chi connectivity index (χ1n) is 14.6. The third-order valence-corrected chi connectivity index (χ3v) is 5.80. The van der Waals surface area contributed by atoms with Crippen LogP contribution in [0.15, 0.2) is 122 Å². The number of aromatic nitrogens is 4. The van der Waals surface area contributed by atoms with Gasteiger partial charge in [-0.3, -0.25) is 9.97 Å². The van der Waals surface area contributed by atoms with E-state index in [0.29, 0.717) is 0 Å². The molecule has 0 radical (unpaired) electrons. The van der Waals surface area contributed by atoms with Gasteiger partial charge in [-0.1, -0.05) is 72.8 Å². The molecular formula is C34H26F12N6P2Ru. The number of halogens is 12. The number of benzene rings is 3. The van der Waals surface area contributed by atoms with Crippen LogP contribution in [0.2, 0.25) is 0 Å². The number of pyridine rings is 4. The summed E-state index contributed by atoms with van der Waals surface area (Å²) in [5, 5.41) is 19.2. The van der Waals surface area contributed by atoms with Gasteiger partial charge in [0.2, 0.25) is 0 Å². The van der Waals surface area contributed by atoms with E-state index in [2.05, 4.69) is 68.5 Å². The van der Waals surface area contributed by atoms with Crippen LogP contribution in [0.5, 0.6) is 0 Å². The van der Waals surface area contributed by atoms with Gasteiger partial charge in [-0.05, 0) is 36.4 Å². The first-order chi connectivity index (χ1) is 24.6. The predicted molar refractivity (Wildman–Crippen MR) is 189 cm³/mol. The molecule has 3 aromatic carbocycles. The van der Waals surface area contributed by atoms with Gasteiger partial charge in [0.25, 0.3) is 0 Å². The number of rotatable bonds is 1. The minimum atomic E-state index is -10.7. The van der Waals surface area contributed by atoms with Crippen molar-refractivity contribution in [2.45, 2.75) is 13.8 Å². The van der Waals surface area contributed by atoms with Crippen LogP contribution in [0.25, 0.3) is 55.0 Å². The standard InChI is InChI=1S/C18H12N2.C12H8N2.2C2H3N.2F6P.Ru/c1-3-7-15-13(5-1)9-11-17(19-15)18-12-10-14-6-2-4-8-16(14)20-18;1-3-9-5-6-10-4-2-8-14-12(10)11(9)13-7-1;2*1-2-3;2*1-7(2,3,4,5)6;/h1-12H;1-8H;2*1H3;;;/q;;;;2*-1;+2. The summed E-state index contributed by atoms with van der Waals surface area (Å²) < 4.78 is 118. The molecule has 0 N–H and O–H groups in total. The fourth-order valence-electron chi connectivity index (χ4n) is 4.10. The number of nitriles is 2. The van der Waals surface area contributed by atoms with Crippen LogP contribution in [0.1, 0.15) is 13.8 Å². The zero-order valence-electron chi connectivity index (χ0n) is 28.0. The van der Waals surface area contributed by atoms with Crippen LogP contribution < -0.4 is 0 Å². The van der Waals surface area contributed by atoms with Crippen LogP contribution in [0.4, 0.5) is 50.4 Å². The van der Waals surface area contributed by atoms with Gasteiger partial charge in [-0.15, -0.1) is 0 Å². The van der Waals surface area contributed by atoms with Gasteiger partial charge in [0.05, 0.1) is 45.6 Å². The number of nitrogens with zero attached hydrogens (tertiary/aromatic N) is 6. The second-order valence-corrected chi connectivity index (χ2v) is 14.2. The summed E-state index contributed by atoms with van der Waals surface area (Å²) in [6.45, 7) is 2.86. The van der Waals surface area contributed by atoms with Crippen molar-refractivity contribution in [2.24, 2.45) is 0 Å². The quantitative estimate of drug-likeness (QED) is 0.0704. The van der Waals surface area contributed by atoms with Gasteiger partial charge < -0.3 is 0 Å². The Bertz CT molecular complexity index is 2260. The topological polar surface area (TPSA) is 99.1 Å². The Labute approximate surface area is 317 Å². The van der Waals surface area contributed by atoms with Crippen LogP contribution in [0.3, 0.4) is 0 Å². The Morgan fingerprint density at radius 1 is 0.418 bits per heavy atom. The zero-order chi connectivity index (χ0) is 41.0. The summed E-state index contributed by atoms with van der Waals surface area (Å²) in [5.41, 5.74) is 5.78. The number of hydrogen-bond acceptors (Lipinski definition) is 6. The summed E-state index contributed by atoms with van der Waals surface area (Å²) in [4.78, 5) is 18.1. The van der Waals surface area contributed by atoms with Crippen molar-refractivity contribution < 1.29 is 69.8 Å². The molecule has 7 rings (SSSR count). The molecular weight excluding hydrogens is 883 g/mol. The minimum Gasteiger partial charge on any atom is -0.254 e. The minimum absolute atomic E-state index is 0. The molecule has 21 heteroatoms. The van der Waals surface area contributed by atoms with E-state index in [4.69, 9.17) is 10.5 Å². The van der Waals surface area contributed by atoms with Gasteiger partial charge in [0.15, 0.2) is 0 Å². The Hall–Kier alpha value is -5.08. The number of para-hydroxylation sites is 2. The van der Waals surface area contributed by atoms with E-state index < -0.39 is 15.6 Å². The van der Waals surface area contributed by atoms with Gasteiger partial charge in [0.1, 0.15) is 0 Å². The van der Waals surface area contributed by atoms with E-state index in [9.17, 15) is 50.4 Å². The molecule has 0 amide bonds. The molecule has 4 heterocycles. The summed E-state index contributed by atoms with van der Waals surface area (Å²) in [5.74, 6) is 0. The van der Waals surface area contributed by atoms with E-state index in [0.717, 1.165) is 55.0 Å². The molecule has 294 valence electrons. The van der Waals surface area contributed by atoms with Crippen LogP contribution in [0, 0.1) is 22.7 Å². The van der Waals surface area contributed by atoms with Crippen molar-refractivity contribution in [3.8, 4) is 23.5 Å². The van der Waals surface area contributed by atoms with Crippen molar-refractivity contribution in [1.82, 2.24) is 19.9 Å². The Balaban J connectivity index is 0.000000378. The molecule has 0 saturated heterocycles. The van der Waals surface area contributed by atoms with Crippen molar-refractivity contribution in [1.29, 1.82) is 10.5 Å². The van der Waals surface area contributed by atoms with Crippen LogP contribution in [-0.4, -0.2) is 19.9 Å². The molecule has 0 unspecified atom stereocenters. The van der Waals surface area contributed by atoms with Gasteiger partial charge in [-0.2, -0.15) is 10.5 Å². The molecule has 4 aromatic heterocycles. The molecule has 0 fully saturated rings. The average Bonchev–Trinajstić information content (AvgIpc) is 3.06. The fraction of sp³-hybridized carbons (Fsp3) is 0.0588. The summed E-state index contributed by atoms with van der Waals surface area (Å²) in [7, 11) is -21.3. The van der Waals surface area contributed by atoms with Crippen molar-refractivity contribution in [3.63, 3.8) is 0 Å². The maximum Gasteiger partial charge on any atom is 2.00 e. The summed E-state index contributed by atoms with van der Waals surface area (Å²) >= 11 is 0. The first-order valence-corrected chi connectivity index (χ1v) is 18.7. The maximum atomic E-state index is 9.87. The summed E-state index contributed by atoms with van der Waals surface area (Å²) in [6, 6.07) is 40.1. The molecule has 0 atom stereocenters. The second-order valence-electron chi connectivity index (χ2n) is 10.4. The van der Waals surface area contributed by atoms with Gasteiger partial charge >= 0.3 is 85.5 Å². The molecule has 55 heavy (non-hydrogen) atoms. The van der Waals surface area contributed by atoms with E-state index in [-0.39, 0.29) is 19.5 Å². The summed E-state index contributed by atoms with van der Waals surface area (Å²) in [6.07, 6.45) is 3.60. The molecule has 7 aromatic rings. The third-order valence-electron chi connectivity index (χ3n) is 5.80. The maximum absolute atomic E-state index is 10.7. The SMILES string of the molecule is CC#N.CC#N.F[P-](F)(F)(F)(F)F.F[P-](F)(F)(F)(F)F.[Ru+2].c1ccc2nc(-c3ccc4ccccc4n3)ccc2c1.c1cnc2c(c1)ccc1cccnc12. The smallest absolute Gasteiger partial charge is 0.254 e. The monoisotopic (exact) mass is 910 g/mol. The molecule has 0 aliphatic rings. The molecule has 0 spiro atoms. The van der Waals surface area contributed by atoms with Gasteiger partial charge in [-0.25, -0.2) is 9.97 Å². The third kappa shape index (κ3) is 22.0. The van der Waals surface area contributed by atoms with Crippen molar-refractivity contribution >= 4 is 59.2 Å². The molecule has 0 aliphatic carbocycles. The van der Waals surface area contributed by atoms with Crippen LogP contribution >= 0.6 is 15.6 Å². The first kappa shape index (κ1) is 47.9. The average molecular weight is 910 g/mol. The number of hydrogen-bond donors (Lipinski definition) is 0. The second kappa shape index (κ2) is 17.2.